The first kappa shape index (κ1) is 15.6. The predicted molar refractivity (Wildman–Crippen MR) is 79.0 cm³/mol. The third-order valence-corrected chi connectivity index (χ3v) is 5.14. The van der Waals surface area contributed by atoms with Crippen LogP contribution in [0.4, 0.5) is 0 Å². The topological polar surface area (TPSA) is 86.2 Å². The Morgan fingerprint density at radius 2 is 1.10 bits per heavy atom. The van der Waals surface area contributed by atoms with Crippen molar-refractivity contribution in [2.75, 3.05) is 13.1 Å². The van der Waals surface area contributed by atoms with Crippen molar-refractivity contribution in [3.8, 4) is 0 Å². The molecule has 0 heterocycles. The van der Waals surface area contributed by atoms with Gasteiger partial charge in [-0.3, -0.25) is 9.59 Å². The molecule has 0 saturated heterocycles. The van der Waals surface area contributed by atoms with Crippen LogP contribution in [-0.4, -0.2) is 24.7 Å². The zero-order valence-electron chi connectivity index (χ0n) is 12.4. The molecule has 2 fully saturated rings. The quantitative estimate of drug-likeness (QED) is 0.774. The van der Waals surface area contributed by atoms with Crippen LogP contribution in [0.2, 0.25) is 0 Å². The summed E-state index contributed by atoms with van der Waals surface area (Å²) < 4.78 is 0. The van der Waals surface area contributed by atoms with Gasteiger partial charge in [0.2, 0.25) is 0 Å². The molecule has 4 heteroatoms. The van der Waals surface area contributed by atoms with Crippen molar-refractivity contribution >= 4 is 11.6 Å². The van der Waals surface area contributed by atoms with Gasteiger partial charge in [-0.25, -0.2) is 0 Å². The van der Waals surface area contributed by atoms with E-state index in [1.165, 1.54) is 12.8 Å². The highest BCUT2D eigenvalue weighted by Crippen LogP contribution is 2.44. The highest BCUT2D eigenvalue weighted by atomic mass is 16.1. The minimum atomic E-state index is 0.180. The molecule has 0 aromatic rings. The van der Waals surface area contributed by atoms with Crippen LogP contribution in [-0.2, 0) is 9.59 Å². The number of fused-ring (bicyclic) bond motifs is 3. The maximum atomic E-state index is 11.6. The standard InChI is InChI=1S/C16H28N2O2/c17-9-15(19)7-13-3-11-1-2-12(5-13)6-14(4-11)8-16(20)10-18/h11-14H,1-10,17-18H2. The predicted octanol–water partition coefficient (Wildman–Crippen LogP) is 1.65. The molecule has 0 unspecified atom stereocenters. The van der Waals surface area contributed by atoms with Gasteiger partial charge in [-0.2, -0.15) is 0 Å². The van der Waals surface area contributed by atoms with E-state index in [1.807, 2.05) is 0 Å². The molecule has 114 valence electrons. The molecule has 2 saturated carbocycles. The van der Waals surface area contributed by atoms with Crippen LogP contribution < -0.4 is 11.5 Å². The van der Waals surface area contributed by atoms with Crippen molar-refractivity contribution in [2.45, 2.75) is 51.4 Å². The number of ketones is 2. The monoisotopic (exact) mass is 280 g/mol. The fraction of sp³-hybridized carbons (Fsp3) is 0.875. The fourth-order valence-electron chi connectivity index (χ4n) is 4.36. The smallest absolute Gasteiger partial charge is 0.146 e. The SMILES string of the molecule is NCC(=O)CC1CC2CCC(C1)CC(CC(=O)CN)C2. The van der Waals surface area contributed by atoms with Crippen LogP contribution in [0.15, 0.2) is 0 Å². The first-order valence-electron chi connectivity index (χ1n) is 8.04. The van der Waals surface area contributed by atoms with Crippen LogP contribution in [0.3, 0.4) is 0 Å². The van der Waals surface area contributed by atoms with E-state index in [9.17, 15) is 9.59 Å². The Balaban J connectivity index is 1.93. The number of hydrogen-bond donors (Lipinski definition) is 2. The molecule has 0 radical (unpaired) electrons. The molecular formula is C16H28N2O2. The van der Waals surface area contributed by atoms with E-state index < -0.39 is 0 Å². The van der Waals surface area contributed by atoms with Crippen LogP contribution in [0.5, 0.6) is 0 Å². The van der Waals surface area contributed by atoms with Crippen molar-refractivity contribution in [1.82, 2.24) is 0 Å². The van der Waals surface area contributed by atoms with E-state index in [0.717, 1.165) is 25.7 Å². The van der Waals surface area contributed by atoms with Gasteiger partial charge in [0.1, 0.15) is 11.6 Å². The lowest BCUT2D eigenvalue weighted by Crippen LogP contribution is -2.24. The Bertz CT molecular complexity index is 310. The summed E-state index contributed by atoms with van der Waals surface area (Å²) >= 11 is 0. The summed E-state index contributed by atoms with van der Waals surface area (Å²) in [5.41, 5.74) is 10.9. The molecule has 2 aliphatic rings. The van der Waals surface area contributed by atoms with E-state index in [2.05, 4.69) is 0 Å². The lowest BCUT2D eigenvalue weighted by molar-refractivity contribution is -0.119. The lowest BCUT2D eigenvalue weighted by Gasteiger charge is -2.28. The maximum Gasteiger partial charge on any atom is 0.146 e. The van der Waals surface area contributed by atoms with Crippen LogP contribution >= 0.6 is 0 Å². The third-order valence-electron chi connectivity index (χ3n) is 5.14. The first-order valence-corrected chi connectivity index (χ1v) is 8.04. The maximum absolute atomic E-state index is 11.6. The van der Waals surface area contributed by atoms with Gasteiger partial charge in [-0.1, -0.05) is 12.8 Å². The molecule has 0 spiro atoms. The fourth-order valence-corrected chi connectivity index (χ4v) is 4.36. The van der Waals surface area contributed by atoms with E-state index in [1.54, 1.807) is 0 Å². The van der Waals surface area contributed by atoms with Crippen molar-refractivity contribution in [1.29, 1.82) is 0 Å². The average molecular weight is 280 g/mol. The number of nitrogens with two attached hydrogens (primary N) is 2. The number of carbonyl (C=O) groups excluding carboxylic acids is 2. The highest BCUT2D eigenvalue weighted by molar-refractivity contribution is 5.80. The van der Waals surface area contributed by atoms with E-state index >= 15 is 0 Å². The molecule has 4 N–H and O–H groups in total. The van der Waals surface area contributed by atoms with Crippen LogP contribution in [0, 0.1) is 23.7 Å². The molecule has 20 heavy (non-hydrogen) atoms. The zero-order valence-corrected chi connectivity index (χ0v) is 12.4. The Kier molecular flexibility index (Phi) is 5.73. The molecule has 0 aromatic carbocycles. The molecule has 4 nitrogen and oxygen atoms in total. The lowest BCUT2D eigenvalue weighted by atomic mass is 9.76. The second-order valence-corrected chi connectivity index (χ2v) is 6.88. The van der Waals surface area contributed by atoms with Gasteiger partial charge in [-0.15, -0.1) is 0 Å². The molecular weight excluding hydrogens is 252 g/mol. The van der Waals surface area contributed by atoms with Gasteiger partial charge in [0, 0.05) is 12.8 Å². The largest absolute Gasteiger partial charge is 0.324 e. The summed E-state index contributed by atoms with van der Waals surface area (Å²) in [7, 11) is 0. The average Bonchev–Trinajstić information content (AvgIpc) is 2.70. The molecule has 2 bridgehead atoms. The Hall–Kier alpha value is -0.740. The summed E-state index contributed by atoms with van der Waals surface area (Å²) in [6.07, 6.45) is 8.46. The molecule has 0 atom stereocenters. The van der Waals surface area contributed by atoms with Gasteiger partial charge < -0.3 is 11.5 Å². The number of Topliss-reactive ketones (excluding diaryl/α,β-unsaturated/α-hetero) is 2. The van der Waals surface area contributed by atoms with Crippen molar-refractivity contribution in [2.24, 2.45) is 35.1 Å². The normalized spacial score (nSPS) is 33.5. The van der Waals surface area contributed by atoms with Gasteiger partial charge in [0.15, 0.2) is 0 Å². The number of hydrogen-bond acceptors (Lipinski definition) is 4. The Labute approximate surface area is 121 Å². The molecule has 0 aliphatic heterocycles. The van der Waals surface area contributed by atoms with Gasteiger partial charge in [0.25, 0.3) is 0 Å². The van der Waals surface area contributed by atoms with Gasteiger partial charge in [0.05, 0.1) is 13.1 Å². The van der Waals surface area contributed by atoms with Crippen molar-refractivity contribution < 1.29 is 9.59 Å². The van der Waals surface area contributed by atoms with E-state index in [4.69, 9.17) is 11.5 Å². The summed E-state index contributed by atoms with van der Waals surface area (Å²) in [6.45, 7) is 0.360. The van der Waals surface area contributed by atoms with Gasteiger partial charge >= 0.3 is 0 Å². The second kappa shape index (κ2) is 7.32. The minimum absolute atomic E-state index is 0.180. The van der Waals surface area contributed by atoms with Gasteiger partial charge in [-0.05, 0) is 49.4 Å². The van der Waals surface area contributed by atoms with E-state index in [-0.39, 0.29) is 24.7 Å². The van der Waals surface area contributed by atoms with E-state index in [0.29, 0.717) is 36.5 Å². The zero-order chi connectivity index (χ0) is 14.5. The Morgan fingerprint density at radius 1 is 0.750 bits per heavy atom. The molecule has 0 aromatic heterocycles. The number of carbonyl (C=O) groups is 2. The molecule has 2 aliphatic carbocycles. The van der Waals surface area contributed by atoms with Crippen LogP contribution in [0.1, 0.15) is 51.4 Å². The molecule has 0 amide bonds. The number of rotatable bonds is 6. The van der Waals surface area contributed by atoms with Crippen LogP contribution in [0.25, 0.3) is 0 Å². The summed E-state index contributed by atoms with van der Waals surface area (Å²) in [5, 5.41) is 0. The Morgan fingerprint density at radius 3 is 1.40 bits per heavy atom. The summed E-state index contributed by atoms with van der Waals surface area (Å²) in [4.78, 5) is 23.2. The highest BCUT2D eigenvalue weighted by Gasteiger charge is 2.33. The summed E-state index contributed by atoms with van der Waals surface area (Å²) in [6, 6.07) is 0. The first-order chi connectivity index (χ1) is 9.60. The summed E-state index contributed by atoms with van der Waals surface area (Å²) in [5.74, 6) is 2.82. The molecule has 2 rings (SSSR count). The third kappa shape index (κ3) is 4.38. The minimum Gasteiger partial charge on any atom is -0.324 e. The van der Waals surface area contributed by atoms with Crippen molar-refractivity contribution in [3.05, 3.63) is 0 Å². The van der Waals surface area contributed by atoms with Crippen molar-refractivity contribution in [3.63, 3.8) is 0 Å². The second-order valence-electron chi connectivity index (χ2n) is 6.88.